The molecule has 0 radical (unpaired) electrons. The highest BCUT2D eigenvalue weighted by molar-refractivity contribution is 6.30. The Morgan fingerprint density at radius 3 is 3.00 bits per heavy atom. The predicted octanol–water partition coefficient (Wildman–Crippen LogP) is 2.02. The van der Waals surface area contributed by atoms with Crippen LogP contribution < -0.4 is 10.6 Å². The van der Waals surface area contributed by atoms with E-state index < -0.39 is 0 Å². The highest BCUT2D eigenvalue weighted by Gasteiger charge is 2.23. The first kappa shape index (κ1) is 13.3. The number of piperidine rings is 1. The van der Waals surface area contributed by atoms with E-state index in [-0.39, 0.29) is 17.2 Å². The molecule has 104 valence electrons. The van der Waals surface area contributed by atoms with Gasteiger partial charge in [0.1, 0.15) is 17.0 Å². The van der Waals surface area contributed by atoms with E-state index in [0.29, 0.717) is 28.4 Å². The molecule has 1 aliphatic rings. The van der Waals surface area contributed by atoms with Crippen LogP contribution in [-0.2, 0) is 4.79 Å². The standard InChI is InChI=1S/C12H11Cl2N5O/c13-9-4-6-8(5-16-9)18-12(14)19-10(6)17-7-2-1-3-15-11(7)20/h4-5,7H,1-3H2,(H,15,20)(H,17,18,19). The number of halogens is 2. The van der Waals surface area contributed by atoms with Gasteiger partial charge < -0.3 is 10.6 Å². The molecule has 0 spiro atoms. The number of anilines is 1. The molecule has 0 saturated carbocycles. The molecule has 1 fully saturated rings. The summed E-state index contributed by atoms with van der Waals surface area (Å²) in [5.41, 5.74) is 0.577. The second-order valence-corrected chi connectivity index (χ2v) is 5.22. The Morgan fingerprint density at radius 2 is 2.20 bits per heavy atom. The fourth-order valence-electron chi connectivity index (χ4n) is 2.16. The molecule has 2 N–H and O–H groups in total. The summed E-state index contributed by atoms with van der Waals surface area (Å²) >= 11 is 11.8. The van der Waals surface area contributed by atoms with Crippen LogP contribution in [0.1, 0.15) is 12.8 Å². The van der Waals surface area contributed by atoms with Crippen molar-refractivity contribution in [3.63, 3.8) is 0 Å². The van der Waals surface area contributed by atoms with Crippen molar-refractivity contribution in [2.75, 3.05) is 11.9 Å². The molecule has 2 aromatic heterocycles. The predicted molar refractivity (Wildman–Crippen MR) is 77.0 cm³/mol. The molecule has 3 heterocycles. The second-order valence-electron chi connectivity index (χ2n) is 4.50. The van der Waals surface area contributed by atoms with E-state index in [1.54, 1.807) is 6.07 Å². The van der Waals surface area contributed by atoms with Crippen LogP contribution >= 0.6 is 23.2 Å². The first-order valence-electron chi connectivity index (χ1n) is 6.16. The van der Waals surface area contributed by atoms with Gasteiger partial charge in [0, 0.05) is 11.9 Å². The van der Waals surface area contributed by atoms with Gasteiger partial charge in [-0.05, 0) is 30.5 Å². The number of amides is 1. The average Bonchev–Trinajstić information content (AvgIpc) is 2.42. The van der Waals surface area contributed by atoms with Gasteiger partial charge in [0.05, 0.1) is 11.7 Å². The fraction of sp³-hybridized carbons (Fsp3) is 0.333. The average molecular weight is 312 g/mol. The van der Waals surface area contributed by atoms with Crippen molar-refractivity contribution in [2.45, 2.75) is 18.9 Å². The van der Waals surface area contributed by atoms with E-state index in [2.05, 4.69) is 25.6 Å². The first-order chi connectivity index (χ1) is 9.63. The van der Waals surface area contributed by atoms with Gasteiger partial charge in [0.15, 0.2) is 0 Å². The Bertz CT molecular complexity index is 678. The maximum absolute atomic E-state index is 11.8. The van der Waals surface area contributed by atoms with Gasteiger partial charge in [-0.2, -0.15) is 0 Å². The Balaban J connectivity index is 2.01. The van der Waals surface area contributed by atoms with E-state index in [1.807, 2.05) is 0 Å². The van der Waals surface area contributed by atoms with E-state index in [4.69, 9.17) is 23.2 Å². The van der Waals surface area contributed by atoms with Crippen molar-refractivity contribution in [2.24, 2.45) is 0 Å². The van der Waals surface area contributed by atoms with Crippen molar-refractivity contribution < 1.29 is 4.79 Å². The first-order valence-corrected chi connectivity index (χ1v) is 6.92. The van der Waals surface area contributed by atoms with E-state index in [0.717, 1.165) is 12.8 Å². The fourth-order valence-corrected chi connectivity index (χ4v) is 2.50. The smallest absolute Gasteiger partial charge is 0.242 e. The zero-order chi connectivity index (χ0) is 14.1. The molecule has 3 rings (SSSR count). The largest absolute Gasteiger partial charge is 0.358 e. The van der Waals surface area contributed by atoms with E-state index in [1.165, 1.54) is 6.20 Å². The molecule has 1 atom stereocenters. The number of nitrogens with zero attached hydrogens (tertiary/aromatic N) is 3. The van der Waals surface area contributed by atoms with E-state index >= 15 is 0 Å². The molecule has 6 nitrogen and oxygen atoms in total. The van der Waals surface area contributed by atoms with Crippen LogP contribution in [0.15, 0.2) is 12.3 Å². The number of nitrogens with one attached hydrogen (secondary N) is 2. The van der Waals surface area contributed by atoms with Crippen molar-refractivity contribution in [1.29, 1.82) is 0 Å². The number of hydrogen-bond donors (Lipinski definition) is 2. The molecule has 1 amide bonds. The summed E-state index contributed by atoms with van der Waals surface area (Å²) in [7, 11) is 0. The summed E-state index contributed by atoms with van der Waals surface area (Å²) in [6.07, 6.45) is 3.19. The quantitative estimate of drug-likeness (QED) is 0.655. The Morgan fingerprint density at radius 1 is 1.35 bits per heavy atom. The van der Waals surface area contributed by atoms with Gasteiger partial charge in [0.25, 0.3) is 0 Å². The van der Waals surface area contributed by atoms with Crippen LogP contribution in [0.5, 0.6) is 0 Å². The summed E-state index contributed by atoms with van der Waals surface area (Å²) in [6.45, 7) is 0.706. The van der Waals surface area contributed by atoms with Gasteiger partial charge in [-0.25, -0.2) is 15.0 Å². The summed E-state index contributed by atoms with van der Waals surface area (Å²) in [5.74, 6) is 0.450. The molecule has 20 heavy (non-hydrogen) atoms. The zero-order valence-corrected chi connectivity index (χ0v) is 11.9. The van der Waals surface area contributed by atoms with Crippen LogP contribution in [0, 0.1) is 0 Å². The number of hydrogen-bond acceptors (Lipinski definition) is 5. The Labute approximate surface area is 124 Å². The van der Waals surface area contributed by atoms with Crippen LogP contribution in [-0.4, -0.2) is 33.4 Å². The molecule has 1 aliphatic heterocycles. The molecule has 0 aromatic carbocycles. The topological polar surface area (TPSA) is 79.8 Å². The van der Waals surface area contributed by atoms with Crippen LogP contribution in [0.2, 0.25) is 10.4 Å². The minimum absolute atomic E-state index is 0.0423. The number of carbonyl (C=O) groups is 1. The second kappa shape index (κ2) is 5.38. The molecular formula is C12H11Cl2N5O. The highest BCUT2D eigenvalue weighted by atomic mass is 35.5. The van der Waals surface area contributed by atoms with Gasteiger partial charge in [-0.3, -0.25) is 4.79 Å². The van der Waals surface area contributed by atoms with Gasteiger partial charge in [-0.15, -0.1) is 0 Å². The molecule has 0 aliphatic carbocycles. The molecule has 1 unspecified atom stereocenters. The maximum Gasteiger partial charge on any atom is 0.242 e. The summed E-state index contributed by atoms with van der Waals surface area (Å²) < 4.78 is 0. The minimum atomic E-state index is -0.329. The zero-order valence-electron chi connectivity index (χ0n) is 10.4. The van der Waals surface area contributed by atoms with Gasteiger partial charge in [0.2, 0.25) is 11.2 Å². The van der Waals surface area contributed by atoms with E-state index in [9.17, 15) is 4.79 Å². The third-order valence-electron chi connectivity index (χ3n) is 3.12. The monoisotopic (exact) mass is 311 g/mol. The lowest BCUT2D eigenvalue weighted by Gasteiger charge is -2.23. The number of carbonyl (C=O) groups excluding carboxylic acids is 1. The number of fused-ring (bicyclic) bond motifs is 1. The Kier molecular flexibility index (Phi) is 3.58. The Hall–Kier alpha value is -1.66. The number of rotatable bonds is 2. The van der Waals surface area contributed by atoms with Gasteiger partial charge in [-0.1, -0.05) is 11.6 Å². The van der Waals surface area contributed by atoms with Crippen LogP contribution in [0.4, 0.5) is 5.82 Å². The van der Waals surface area contributed by atoms with Crippen LogP contribution in [0.3, 0.4) is 0 Å². The summed E-state index contributed by atoms with van der Waals surface area (Å²) in [6, 6.07) is 1.32. The lowest BCUT2D eigenvalue weighted by atomic mass is 10.1. The summed E-state index contributed by atoms with van der Waals surface area (Å²) in [4.78, 5) is 24.0. The van der Waals surface area contributed by atoms with Crippen molar-refractivity contribution in [3.05, 3.63) is 22.7 Å². The lowest BCUT2D eigenvalue weighted by Crippen LogP contribution is -2.44. The van der Waals surface area contributed by atoms with Crippen LogP contribution in [0.25, 0.3) is 10.9 Å². The van der Waals surface area contributed by atoms with Crippen molar-refractivity contribution in [3.8, 4) is 0 Å². The summed E-state index contributed by atoms with van der Waals surface area (Å²) in [5, 5.41) is 7.04. The normalized spacial score (nSPS) is 18.9. The highest BCUT2D eigenvalue weighted by Crippen LogP contribution is 2.25. The lowest BCUT2D eigenvalue weighted by molar-refractivity contribution is -0.123. The van der Waals surface area contributed by atoms with Gasteiger partial charge >= 0.3 is 0 Å². The third-order valence-corrected chi connectivity index (χ3v) is 3.49. The molecule has 0 bridgehead atoms. The maximum atomic E-state index is 11.8. The molecule has 1 saturated heterocycles. The number of aromatic nitrogens is 3. The molecule has 8 heteroatoms. The number of pyridine rings is 1. The molecular weight excluding hydrogens is 301 g/mol. The SMILES string of the molecule is O=C1NCCCC1Nc1nc(Cl)nc2cnc(Cl)cc12. The molecule has 2 aromatic rings. The minimum Gasteiger partial charge on any atom is -0.358 e. The third kappa shape index (κ3) is 2.62. The van der Waals surface area contributed by atoms with Crippen molar-refractivity contribution >= 4 is 45.8 Å². The van der Waals surface area contributed by atoms with Crippen molar-refractivity contribution in [1.82, 2.24) is 20.3 Å².